The lowest BCUT2D eigenvalue weighted by atomic mass is 9.73. The fourth-order valence-electron chi connectivity index (χ4n) is 3.49. The number of cyclic esters (lactones) is 2. The molecule has 2 atom stereocenters. The molecule has 1 saturated carbocycles. The van der Waals surface area contributed by atoms with Gasteiger partial charge < -0.3 is 4.74 Å². The van der Waals surface area contributed by atoms with Crippen molar-refractivity contribution in [3.8, 4) is 0 Å². The third-order valence-electron chi connectivity index (χ3n) is 4.51. The van der Waals surface area contributed by atoms with E-state index in [1.54, 1.807) is 0 Å². The zero-order chi connectivity index (χ0) is 11.8. The van der Waals surface area contributed by atoms with Crippen molar-refractivity contribution in [2.75, 3.05) is 0 Å². The number of hydrogen-bond acceptors (Lipinski definition) is 3. The summed E-state index contributed by atoms with van der Waals surface area (Å²) in [5, 5.41) is 0. The van der Waals surface area contributed by atoms with E-state index in [-0.39, 0.29) is 23.8 Å². The molecule has 3 nitrogen and oxygen atoms in total. The molecule has 1 aliphatic heterocycles. The van der Waals surface area contributed by atoms with Gasteiger partial charge in [-0.25, -0.2) is 0 Å². The van der Waals surface area contributed by atoms with Gasteiger partial charge in [-0.2, -0.15) is 0 Å². The number of ether oxygens (including phenoxy) is 1. The topological polar surface area (TPSA) is 43.4 Å². The van der Waals surface area contributed by atoms with Crippen molar-refractivity contribution in [2.45, 2.75) is 44.9 Å². The lowest BCUT2D eigenvalue weighted by Gasteiger charge is -2.29. The molecule has 0 bridgehead atoms. The van der Waals surface area contributed by atoms with Gasteiger partial charge in [0.15, 0.2) is 0 Å². The molecule has 0 N–H and O–H groups in total. The number of esters is 2. The van der Waals surface area contributed by atoms with Crippen LogP contribution in [-0.2, 0) is 14.3 Å². The average molecular weight is 234 g/mol. The molecule has 0 aromatic rings. The first-order valence-electron chi connectivity index (χ1n) is 6.70. The fourth-order valence-corrected chi connectivity index (χ4v) is 3.49. The third-order valence-corrected chi connectivity index (χ3v) is 4.51. The van der Waals surface area contributed by atoms with Gasteiger partial charge >= 0.3 is 11.9 Å². The lowest BCUT2D eigenvalue weighted by Crippen LogP contribution is -2.24. The minimum absolute atomic E-state index is 0.176. The van der Waals surface area contributed by atoms with Crippen molar-refractivity contribution in [1.29, 1.82) is 0 Å². The molecule has 2 fully saturated rings. The second kappa shape index (κ2) is 4.28. The molecule has 1 heterocycles. The van der Waals surface area contributed by atoms with Crippen LogP contribution in [0.3, 0.4) is 0 Å². The Bertz CT molecular complexity index is 377. The van der Waals surface area contributed by atoms with E-state index >= 15 is 0 Å². The van der Waals surface area contributed by atoms with Crippen LogP contribution in [0.25, 0.3) is 0 Å². The monoisotopic (exact) mass is 234 g/mol. The van der Waals surface area contributed by atoms with Gasteiger partial charge in [0.2, 0.25) is 0 Å². The zero-order valence-electron chi connectivity index (χ0n) is 9.98. The van der Waals surface area contributed by atoms with E-state index in [0.29, 0.717) is 12.3 Å². The van der Waals surface area contributed by atoms with Gasteiger partial charge in [0.1, 0.15) is 0 Å². The first-order valence-corrected chi connectivity index (χ1v) is 6.70. The highest BCUT2D eigenvalue weighted by atomic mass is 16.6. The van der Waals surface area contributed by atoms with Crippen molar-refractivity contribution >= 4 is 11.9 Å². The first kappa shape index (κ1) is 11.0. The van der Waals surface area contributed by atoms with E-state index in [2.05, 4.69) is 6.08 Å². The van der Waals surface area contributed by atoms with Crippen molar-refractivity contribution in [3.63, 3.8) is 0 Å². The minimum atomic E-state index is -0.307. The van der Waals surface area contributed by atoms with Crippen LogP contribution in [0, 0.1) is 17.8 Å². The van der Waals surface area contributed by atoms with E-state index in [0.717, 1.165) is 6.42 Å². The van der Waals surface area contributed by atoms with Gasteiger partial charge in [-0.15, -0.1) is 0 Å². The van der Waals surface area contributed by atoms with Crippen LogP contribution in [0.4, 0.5) is 0 Å². The largest absolute Gasteiger partial charge is 0.393 e. The summed E-state index contributed by atoms with van der Waals surface area (Å²) < 4.78 is 4.73. The van der Waals surface area contributed by atoms with Gasteiger partial charge in [0.05, 0.1) is 11.8 Å². The standard InChI is InChI=1S/C14H18O3/c15-13-11-7-6-10(8-12(11)14(16)17-13)9-4-2-1-3-5-9/h6,9,11-12H,1-5,7-8H2. The van der Waals surface area contributed by atoms with Crippen LogP contribution in [0.5, 0.6) is 0 Å². The first-order chi connectivity index (χ1) is 8.25. The van der Waals surface area contributed by atoms with Gasteiger partial charge in [0.25, 0.3) is 0 Å². The fraction of sp³-hybridized carbons (Fsp3) is 0.714. The second-order valence-electron chi connectivity index (χ2n) is 5.51. The van der Waals surface area contributed by atoms with E-state index in [1.807, 2.05) is 0 Å². The van der Waals surface area contributed by atoms with E-state index in [9.17, 15) is 9.59 Å². The molecule has 1 saturated heterocycles. The predicted molar refractivity (Wildman–Crippen MR) is 62.0 cm³/mol. The molecule has 2 aliphatic carbocycles. The highest BCUT2D eigenvalue weighted by molar-refractivity contribution is 5.96. The molecule has 3 rings (SSSR count). The van der Waals surface area contributed by atoms with E-state index in [4.69, 9.17) is 4.74 Å². The third kappa shape index (κ3) is 1.92. The van der Waals surface area contributed by atoms with Crippen molar-refractivity contribution in [2.24, 2.45) is 17.8 Å². The lowest BCUT2D eigenvalue weighted by molar-refractivity contribution is -0.153. The van der Waals surface area contributed by atoms with Crippen LogP contribution in [0.1, 0.15) is 44.9 Å². The molecule has 17 heavy (non-hydrogen) atoms. The SMILES string of the molecule is O=C1OC(=O)C2CC(C3CCCCC3)=CCC12. The summed E-state index contributed by atoms with van der Waals surface area (Å²) in [7, 11) is 0. The molecule has 3 aliphatic rings. The van der Waals surface area contributed by atoms with Gasteiger partial charge in [-0.3, -0.25) is 9.59 Å². The summed E-state index contributed by atoms with van der Waals surface area (Å²) in [4.78, 5) is 23.0. The van der Waals surface area contributed by atoms with E-state index < -0.39 is 0 Å². The molecular weight excluding hydrogens is 216 g/mol. The van der Waals surface area contributed by atoms with Gasteiger partial charge in [0, 0.05) is 0 Å². The average Bonchev–Trinajstić information content (AvgIpc) is 2.66. The van der Waals surface area contributed by atoms with Crippen LogP contribution in [-0.4, -0.2) is 11.9 Å². The van der Waals surface area contributed by atoms with Gasteiger partial charge in [-0.1, -0.05) is 30.9 Å². The number of carbonyl (C=O) groups excluding carboxylic acids is 2. The second-order valence-corrected chi connectivity index (χ2v) is 5.51. The number of rotatable bonds is 1. The molecule has 0 amide bonds. The van der Waals surface area contributed by atoms with Gasteiger partial charge in [-0.05, 0) is 31.6 Å². The van der Waals surface area contributed by atoms with Crippen LogP contribution >= 0.6 is 0 Å². The van der Waals surface area contributed by atoms with E-state index in [1.165, 1.54) is 37.7 Å². The summed E-state index contributed by atoms with van der Waals surface area (Å²) >= 11 is 0. The highest BCUT2D eigenvalue weighted by Gasteiger charge is 2.46. The van der Waals surface area contributed by atoms with Crippen molar-refractivity contribution < 1.29 is 14.3 Å². The molecule has 0 radical (unpaired) electrons. The summed E-state index contributed by atoms with van der Waals surface area (Å²) in [6, 6.07) is 0. The molecule has 0 aromatic heterocycles. The van der Waals surface area contributed by atoms with Crippen molar-refractivity contribution in [1.82, 2.24) is 0 Å². The number of carbonyl (C=O) groups is 2. The summed E-state index contributed by atoms with van der Waals surface area (Å²) in [6.07, 6.45) is 10.1. The normalized spacial score (nSPS) is 34.2. The maximum absolute atomic E-state index is 11.6. The summed E-state index contributed by atoms with van der Waals surface area (Å²) in [6.45, 7) is 0. The molecule has 2 unspecified atom stereocenters. The number of fused-ring (bicyclic) bond motifs is 1. The predicted octanol–water partition coefficient (Wildman–Crippen LogP) is 2.60. The van der Waals surface area contributed by atoms with Crippen molar-refractivity contribution in [3.05, 3.63) is 11.6 Å². The Kier molecular flexibility index (Phi) is 2.77. The Morgan fingerprint density at radius 1 is 1.00 bits per heavy atom. The number of allylic oxidation sites excluding steroid dienone is 2. The Labute approximate surface area is 101 Å². The smallest absolute Gasteiger partial charge is 0.317 e. The molecular formula is C14H18O3. The van der Waals surface area contributed by atoms with Crippen LogP contribution in [0.2, 0.25) is 0 Å². The molecule has 0 aromatic carbocycles. The Morgan fingerprint density at radius 3 is 2.47 bits per heavy atom. The molecule has 92 valence electrons. The summed E-state index contributed by atoms with van der Waals surface area (Å²) in [5.41, 5.74) is 1.41. The Hall–Kier alpha value is -1.12. The Balaban J connectivity index is 1.74. The van der Waals surface area contributed by atoms with Crippen LogP contribution in [0.15, 0.2) is 11.6 Å². The summed E-state index contributed by atoms with van der Waals surface area (Å²) in [5.74, 6) is -0.298. The molecule has 0 spiro atoms. The quantitative estimate of drug-likeness (QED) is 0.398. The highest BCUT2D eigenvalue weighted by Crippen LogP contribution is 2.41. The Morgan fingerprint density at radius 2 is 1.71 bits per heavy atom. The maximum atomic E-state index is 11.6. The minimum Gasteiger partial charge on any atom is -0.393 e. The maximum Gasteiger partial charge on any atom is 0.317 e. The zero-order valence-corrected chi connectivity index (χ0v) is 9.98. The van der Waals surface area contributed by atoms with Crippen LogP contribution < -0.4 is 0 Å². The number of hydrogen-bond donors (Lipinski definition) is 0. The molecule has 3 heteroatoms.